The van der Waals surface area contributed by atoms with Gasteiger partial charge in [0.15, 0.2) is 0 Å². The molecule has 1 N–H and O–H groups in total. The first-order valence-electron chi connectivity index (χ1n) is 8.71. The Labute approximate surface area is 159 Å². The molecule has 1 heterocycles. The van der Waals surface area contributed by atoms with Crippen LogP contribution in [0.1, 0.15) is 43.1 Å². The van der Waals surface area contributed by atoms with Crippen molar-refractivity contribution in [2.45, 2.75) is 38.6 Å². The quantitative estimate of drug-likeness (QED) is 0.881. The van der Waals surface area contributed by atoms with Gasteiger partial charge >= 0.3 is 0 Å². The second-order valence-corrected chi connectivity index (χ2v) is 8.12. The van der Waals surface area contributed by atoms with Crippen LogP contribution in [-0.4, -0.2) is 24.4 Å². The fourth-order valence-corrected chi connectivity index (χ4v) is 3.19. The lowest BCUT2D eigenvalue weighted by atomic mass is 9.86. The van der Waals surface area contributed by atoms with Gasteiger partial charge in [-0.3, -0.25) is 9.59 Å². The number of hydrogen-bond acceptors (Lipinski definition) is 2. The number of halogens is 1. The molecule has 0 aromatic heterocycles. The van der Waals surface area contributed by atoms with Gasteiger partial charge in [-0.25, -0.2) is 0 Å². The van der Waals surface area contributed by atoms with Crippen LogP contribution in [0.3, 0.4) is 0 Å². The van der Waals surface area contributed by atoms with Crippen LogP contribution in [0.2, 0.25) is 5.02 Å². The summed E-state index contributed by atoms with van der Waals surface area (Å²) in [6.45, 7) is 6.87. The molecule has 136 valence electrons. The molecule has 3 rings (SSSR count). The van der Waals surface area contributed by atoms with Crippen LogP contribution < -0.4 is 10.2 Å². The third-order valence-corrected chi connectivity index (χ3v) is 4.86. The molecule has 1 saturated heterocycles. The lowest BCUT2D eigenvalue weighted by Crippen LogP contribution is -2.37. The topological polar surface area (TPSA) is 49.4 Å². The molecule has 4 nitrogen and oxygen atoms in total. The third kappa shape index (κ3) is 4.07. The summed E-state index contributed by atoms with van der Waals surface area (Å²) in [5, 5.41) is 3.60. The number of benzene rings is 2. The van der Waals surface area contributed by atoms with E-state index in [2.05, 4.69) is 26.1 Å². The zero-order valence-corrected chi connectivity index (χ0v) is 16.0. The molecular weight excluding hydrogens is 348 g/mol. The van der Waals surface area contributed by atoms with E-state index in [-0.39, 0.29) is 23.3 Å². The Morgan fingerprint density at radius 2 is 1.69 bits per heavy atom. The van der Waals surface area contributed by atoms with E-state index in [4.69, 9.17) is 11.6 Å². The molecule has 2 aromatic carbocycles. The van der Waals surface area contributed by atoms with E-state index in [1.165, 1.54) is 5.56 Å². The lowest BCUT2D eigenvalue weighted by Gasteiger charge is -2.19. The first-order chi connectivity index (χ1) is 12.2. The van der Waals surface area contributed by atoms with E-state index < -0.39 is 0 Å². The smallest absolute Gasteiger partial charge is 0.251 e. The minimum absolute atomic E-state index is 0.000651. The summed E-state index contributed by atoms with van der Waals surface area (Å²) in [7, 11) is 0. The minimum atomic E-state index is -0.201. The van der Waals surface area contributed by atoms with Gasteiger partial charge < -0.3 is 10.2 Å². The summed E-state index contributed by atoms with van der Waals surface area (Å²) in [5.41, 5.74) is 2.63. The molecule has 0 saturated carbocycles. The van der Waals surface area contributed by atoms with Gasteiger partial charge in [0.25, 0.3) is 5.91 Å². The number of carbonyl (C=O) groups excluding carboxylic acids is 2. The van der Waals surface area contributed by atoms with Crippen molar-refractivity contribution in [2.75, 3.05) is 11.4 Å². The van der Waals surface area contributed by atoms with Crippen molar-refractivity contribution in [3.8, 4) is 0 Å². The average molecular weight is 371 g/mol. The molecule has 0 bridgehead atoms. The van der Waals surface area contributed by atoms with Crippen LogP contribution in [0.25, 0.3) is 0 Å². The van der Waals surface area contributed by atoms with Gasteiger partial charge in [-0.1, -0.05) is 44.5 Å². The maximum absolute atomic E-state index is 12.5. The van der Waals surface area contributed by atoms with Crippen molar-refractivity contribution in [3.05, 3.63) is 64.7 Å². The number of nitrogens with one attached hydrogen (secondary N) is 1. The van der Waals surface area contributed by atoms with Crippen molar-refractivity contribution in [3.63, 3.8) is 0 Å². The van der Waals surface area contributed by atoms with Crippen molar-refractivity contribution in [1.29, 1.82) is 0 Å². The second-order valence-electron chi connectivity index (χ2n) is 7.68. The molecule has 5 heteroatoms. The highest BCUT2D eigenvalue weighted by molar-refractivity contribution is 6.30. The number of amides is 2. The standard InChI is InChI=1S/C21H23ClN2O2/c1-21(2,3)15-6-4-14(5-7-15)20(26)23-17-12-19(25)24(13-17)18-10-8-16(22)9-11-18/h4-11,17H,12-13H2,1-3H3,(H,23,26)/t17-/m0/s1. The highest BCUT2D eigenvalue weighted by Gasteiger charge is 2.31. The van der Waals surface area contributed by atoms with Crippen LogP contribution in [0, 0.1) is 0 Å². The van der Waals surface area contributed by atoms with Gasteiger partial charge in [0.05, 0.1) is 6.04 Å². The first kappa shape index (κ1) is 18.5. The third-order valence-electron chi connectivity index (χ3n) is 4.61. The number of carbonyl (C=O) groups is 2. The molecule has 0 spiro atoms. The van der Waals surface area contributed by atoms with Crippen LogP contribution >= 0.6 is 11.6 Å². The Hall–Kier alpha value is -2.33. The molecule has 1 fully saturated rings. The molecule has 1 aliphatic heterocycles. The van der Waals surface area contributed by atoms with Crippen LogP contribution in [0.15, 0.2) is 48.5 Å². The lowest BCUT2D eigenvalue weighted by molar-refractivity contribution is -0.117. The van der Waals surface area contributed by atoms with Gasteiger partial charge in [-0.05, 0) is 47.4 Å². The molecule has 0 unspecified atom stereocenters. The highest BCUT2D eigenvalue weighted by Crippen LogP contribution is 2.24. The maximum atomic E-state index is 12.5. The summed E-state index contributed by atoms with van der Waals surface area (Å²) >= 11 is 5.90. The highest BCUT2D eigenvalue weighted by atomic mass is 35.5. The zero-order valence-electron chi connectivity index (χ0n) is 15.3. The molecule has 0 radical (unpaired) electrons. The normalized spacial score (nSPS) is 17.5. The van der Waals surface area contributed by atoms with E-state index >= 15 is 0 Å². The monoisotopic (exact) mass is 370 g/mol. The van der Waals surface area contributed by atoms with Crippen molar-refractivity contribution < 1.29 is 9.59 Å². The Morgan fingerprint density at radius 1 is 1.08 bits per heavy atom. The Balaban J connectivity index is 1.65. The second kappa shape index (κ2) is 7.12. The summed E-state index contributed by atoms with van der Waals surface area (Å²) < 4.78 is 0. The number of anilines is 1. The predicted octanol–water partition coefficient (Wildman–Crippen LogP) is 4.17. The van der Waals surface area contributed by atoms with Crippen LogP contribution in [0.4, 0.5) is 5.69 Å². The van der Waals surface area contributed by atoms with Crippen molar-refractivity contribution in [2.24, 2.45) is 0 Å². The van der Waals surface area contributed by atoms with Crippen molar-refractivity contribution >= 4 is 29.1 Å². The Morgan fingerprint density at radius 3 is 2.27 bits per heavy atom. The fraction of sp³-hybridized carbons (Fsp3) is 0.333. The van der Waals surface area contributed by atoms with Gasteiger partial charge in [-0.2, -0.15) is 0 Å². The molecule has 1 atom stereocenters. The molecule has 2 aromatic rings. The Kier molecular flexibility index (Phi) is 5.05. The van der Waals surface area contributed by atoms with Gasteiger partial charge in [0.1, 0.15) is 0 Å². The van der Waals surface area contributed by atoms with E-state index in [0.29, 0.717) is 23.6 Å². The molecular formula is C21H23ClN2O2. The fourth-order valence-electron chi connectivity index (χ4n) is 3.07. The summed E-state index contributed by atoms with van der Waals surface area (Å²) in [6, 6.07) is 14.6. The van der Waals surface area contributed by atoms with Gasteiger partial charge in [-0.15, -0.1) is 0 Å². The molecule has 1 aliphatic rings. The predicted molar refractivity (Wildman–Crippen MR) is 105 cm³/mol. The largest absolute Gasteiger partial charge is 0.347 e. The van der Waals surface area contributed by atoms with Gasteiger partial charge in [0.2, 0.25) is 5.91 Å². The SMILES string of the molecule is CC(C)(C)c1ccc(C(=O)N[C@H]2CC(=O)N(c3ccc(Cl)cc3)C2)cc1. The summed E-state index contributed by atoms with van der Waals surface area (Å²) in [4.78, 5) is 26.5. The number of hydrogen-bond donors (Lipinski definition) is 1. The minimum Gasteiger partial charge on any atom is -0.347 e. The van der Waals surface area contributed by atoms with Crippen molar-refractivity contribution in [1.82, 2.24) is 5.32 Å². The van der Waals surface area contributed by atoms with E-state index in [1.54, 1.807) is 17.0 Å². The average Bonchev–Trinajstić information content (AvgIpc) is 2.95. The molecule has 0 aliphatic carbocycles. The van der Waals surface area contributed by atoms with Crippen LogP contribution in [-0.2, 0) is 10.2 Å². The van der Waals surface area contributed by atoms with E-state index in [9.17, 15) is 9.59 Å². The summed E-state index contributed by atoms with van der Waals surface area (Å²) in [5.74, 6) is -0.151. The maximum Gasteiger partial charge on any atom is 0.251 e. The first-order valence-corrected chi connectivity index (χ1v) is 9.09. The van der Waals surface area contributed by atoms with E-state index in [0.717, 1.165) is 5.69 Å². The van der Waals surface area contributed by atoms with E-state index in [1.807, 2.05) is 36.4 Å². The van der Waals surface area contributed by atoms with Crippen LogP contribution in [0.5, 0.6) is 0 Å². The number of rotatable bonds is 3. The molecule has 2 amide bonds. The number of nitrogens with zero attached hydrogens (tertiary/aromatic N) is 1. The molecule has 26 heavy (non-hydrogen) atoms. The summed E-state index contributed by atoms with van der Waals surface area (Å²) in [6.07, 6.45) is 0.300. The zero-order chi connectivity index (χ0) is 18.9. The Bertz CT molecular complexity index is 807. The van der Waals surface area contributed by atoms with Gasteiger partial charge in [0, 0.05) is 29.2 Å².